The number of allylic oxidation sites excluding steroid dienone is 1. The van der Waals surface area contributed by atoms with Crippen LogP contribution >= 0.6 is 27.3 Å². The molecule has 10 heteroatoms. The van der Waals surface area contributed by atoms with Gasteiger partial charge in [-0.1, -0.05) is 45.5 Å². The molecule has 2 aromatic carbocycles. The third-order valence-corrected chi connectivity index (χ3v) is 7.49. The van der Waals surface area contributed by atoms with Gasteiger partial charge in [-0.3, -0.25) is 9.36 Å². The van der Waals surface area contributed by atoms with Gasteiger partial charge >= 0.3 is 5.97 Å². The quantitative estimate of drug-likeness (QED) is 0.371. The second kappa shape index (κ2) is 11.4. The Morgan fingerprint density at radius 2 is 1.84 bits per heavy atom. The van der Waals surface area contributed by atoms with Crippen molar-refractivity contribution in [1.29, 1.82) is 0 Å². The first-order chi connectivity index (χ1) is 17.8. The summed E-state index contributed by atoms with van der Waals surface area (Å²) < 4.78 is 24.8. The molecule has 0 amide bonds. The van der Waals surface area contributed by atoms with Crippen molar-refractivity contribution in [3.8, 4) is 17.2 Å². The number of ether oxygens (including phenoxy) is 4. The molecule has 0 bridgehead atoms. The van der Waals surface area contributed by atoms with Crippen molar-refractivity contribution in [3.05, 3.63) is 83.0 Å². The third-order valence-electron chi connectivity index (χ3n) is 5.82. The van der Waals surface area contributed by atoms with E-state index in [9.17, 15) is 9.59 Å². The molecular weight excluding hydrogens is 560 g/mol. The van der Waals surface area contributed by atoms with Crippen LogP contribution in [0, 0.1) is 0 Å². The minimum atomic E-state index is -0.757. The van der Waals surface area contributed by atoms with E-state index in [0.717, 1.165) is 10.0 Å². The number of benzene rings is 2. The number of rotatable bonds is 8. The van der Waals surface area contributed by atoms with Gasteiger partial charge in [0.1, 0.15) is 11.8 Å². The van der Waals surface area contributed by atoms with E-state index in [1.54, 1.807) is 46.3 Å². The highest BCUT2D eigenvalue weighted by atomic mass is 79.9. The minimum absolute atomic E-state index is 0.201. The van der Waals surface area contributed by atoms with Gasteiger partial charge in [0.15, 0.2) is 16.3 Å². The fourth-order valence-corrected chi connectivity index (χ4v) is 5.68. The van der Waals surface area contributed by atoms with Crippen LogP contribution in [0.1, 0.15) is 37.9 Å². The van der Waals surface area contributed by atoms with Crippen molar-refractivity contribution in [2.45, 2.75) is 26.8 Å². The molecule has 0 saturated heterocycles. The molecule has 1 aliphatic heterocycles. The van der Waals surface area contributed by atoms with E-state index in [2.05, 4.69) is 20.9 Å². The molecular formula is C27H27BrN2O6S. The van der Waals surface area contributed by atoms with Crippen LogP contribution in [0.3, 0.4) is 0 Å². The lowest BCUT2D eigenvalue weighted by molar-refractivity contribution is -0.139. The first-order valence-electron chi connectivity index (χ1n) is 11.7. The first-order valence-corrected chi connectivity index (χ1v) is 13.3. The van der Waals surface area contributed by atoms with Gasteiger partial charge in [-0.2, -0.15) is 0 Å². The molecule has 1 aliphatic rings. The number of fused-ring (bicyclic) bond motifs is 1. The highest BCUT2D eigenvalue weighted by molar-refractivity contribution is 9.10. The van der Waals surface area contributed by atoms with Gasteiger partial charge in [-0.15, -0.1) is 0 Å². The standard InChI is InChI=1S/C27H27BrN2O6S/c1-6-35-21-14-18(28)16(12-20(21)34-5)13-22-25(31)30-24(17-10-8-9-11-19(17)33-4)23(26(32)36-7-2)15(3)29-27(30)37-22/h8-14,24H,6-7H2,1-5H3/b22-13+/t24-/m0/s1. The maximum absolute atomic E-state index is 13.9. The van der Waals surface area contributed by atoms with Crippen LogP contribution < -0.4 is 29.1 Å². The monoisotopic (exact) mass is 586 g/mol. The van der Waals surface area contributed by atoms with Gasteiger partial charge in [-0.25, -0.2) is 9.79 Å². The fraction of sp³-hybridized carbons (Fsp3) is 0.296. The SMILES string of the molecule is CCOC(=O)C1=C(C)N=c2s/c(=C/c3cc(OC)c(OCC)cc3Br)c(=O)n2[C@H]1c1ccccc1OC. The maximum Gasteiger partial charge on any atom is 0.338 e. The number of carbonyl (C=O) groups excluding carboxylic acids is 1. The van der Waals surface area contributed by atoms with Crippen LogP contribution in [-0.4, -0.2) is 38.0 Å². The normalized spacial score (nSPS) is 15.2. The van der Waals surface area contributed by atoms with Crippen molar-refractivity contribution in [3.63, 3.8) is 0 Å². The maximum atomic E-state index is 13.9. The summed E-state index contributed by atoms with van der Waals surface area (Å²) in [6.07, 6.45) is 1.77. The molecule has 1 aromatic heterocycles. The molecule has 2 heterocycles. The Hall–Kier alpha value is -3.37. The summed E-state index contributed by atoms with van der Waals surface area (Å²) in [5.41, 5.74) is 1.91. The molecule has 8 nitrogen and oxygen atoms in total. The van der Waals surface area contributed by atoms with Crippen LogP contribution in [0.5, 0.6) is 17.2 Å². The van der Waals surface area contributed by atoms with E-state index in [1.165, 1.54) is 15.9 Å². The Labute approximate surface area is 226 Å². The summed E-state index contributed by atoms with van der Waals surface area (Å²) in [7, 11) is 3.12. The predicted molar refractivity (Wildman–Crippen MR) is 145 cm³/mol. The van der Waals surface area contributed by atoms with Crippen LogP contribution in [0.2, 0.25) is 0 Å². The van der Waals surface area contributed by atoms with Crippen molar-refractivity contribution in [2.75, 3.05) is 27.4 Å². The van der Waals surface area contributed by atoms with E-state index in [4.69, 9.17) is 18.9 Å². The van der Waals surface area contributed by atoms with Crippen LogP contribution in [0.15, 0.2) is 61.9 Å². The number of nitrogens with zero attached hydrogens (tertiary/aromatic N) is 2. The molecule has 37 heavy (non-hydrogen) atoms. The highest BCUT2D eigenvalue weighted by Gasteiger charge is 2.35. The van der Waals surface area contributed by atoms with E-state index >= 15 is 0 Å². The first kappa shape index (κ1) is 26.7. The summed E-state index contributed by atoms with van der Waals surface area (Å²) >= 11 is 4.82. The van der Waals surface area contributed by atoms with Crippen LogP contribution in [0.25, 0.3) is 6.08 Å². The molecule has 0 radical (unpaired) electrons. The summed E-state index contributed by atoms with van der Waals surface area (Å²) in [6, 6.07) is 10.2. The second-order valence-electron chi connectivity index (χ2n) is 8.00. The Bertz CT molecular complexity index is 1560. The second-order valence-corrected chi connectivity index (χ2v) is 9.87. The van der Waals surface area contributed by atoms with Crippen LogP contribution in [-0.2, 0) is 9.53 Å². The molecule has 0 N–H and O–H groups in total. The van der Waals surface area contributed by atoms with Gasteiger partial charge in [0.2, 0.25) is 0 Å². The minimum Gasteiger partial charge on any atom is -0.496 e. The smallest absolute Gasteiger partial charge is 0.338 e. The molecule has 0 fully saturated rings. The zero-order valence-electron chi connectivity index (χ0n) is 21.2. The average molecular weight is 587 g/mol. The summed E-state index contributed by atoms with van der Waals surface area (Å²) in [5, 5.41) is 0. The predicted octanol–water partition coefficient (Wildman–Crippen LogP) is 3.98. The van der Waals surface area contributed by atoms with Crippen molar-refractivity contribution >= 4 is 39.3 Å². The zero-order chi connectivity index (χ0) is 26.7. The average Bonchev–Trinajstić information content (AvgIpc) is 3.19. The lowest BCUT2D eigenvalue weighted by Crippen LogP contribution is -2.40. The summed E-state index contributed by atoms with van der Waals surface area (Å²) in [4.78, 5) is 32.0. The highest BCUT2D eigenvalue weighted by Crippen LogP contribution is 2.36. The number of halogens is 1. The largest absolute Gasteiger partial charge is 0.496 e. The Balaban J connectivity index is 1.96. The summed E-state index contributed by atoms with van der Waals surface area (Å²) in [6.45, 7) is 6.08. The summed E-state index contributed by atoms with van der Waals surface area (Å²) in [5.74, 6) is 1.18. The van der Waals surface area contributed by atoms with E-state index in [0.29, 0.717) is 50.0 Å². The van der Waals surface area contributed by atoms with Gasteiger partial charge in [0, 0.05) is 10.0 Å². The fourth-order valence-electron chi connectivity index (χ4n) is 4.21. The molecule has 3 aromatic rings. The van der Waals surface area contributed by atoms with Crippen molar-refractivity contribution in [2.24, 2.45) is 4.99 Å². The molecule has 0 spiro atoms. The Kier molecular flexibility index (Phi) is 8.19. The number of aromatic nitrogens is 1. The van der Waals surface area contributed by atoms with Crippen molar-refractivity contribution in [1.82, 2.24) is 4.57 Å². The number of hydrogen-bond acceptors (Lipinski definition) is 8. The van der Waals surface area contributed by atoms with Crippen molar-refractivity contribution < 1.29 is 23.7 Å². The number of methoxy groups -OCH3 is 2. The number of esters is 1. The number of hydrogen-bond donors (Lipinski definition) is 0. The number of carbonyl (C=O) groups is 1. The van der Waals surface area contributed by atoms with Gasteiger partial charge in [0.25, 0.3) is 5.56 Å². The molecule has 1 atom stereocenters. The van der Waals surface area contributed by atoms with Gasteiger partial charge in [-0.05, 0) is 50.6 Å². The Morgan fingerprint density at radius 1 is 1.11 bits per heavy atom. The zero-order valence-corrected chi connectivity index (χ0v) is 23.6. The number of para-hydroxylation sites is 1. The third kappa shape index (κ3) is 5.08. The van der Waals surface area contributed by atoms with Gasteiger partial charge < -0.3 is 18.9 Å². The van der Waals surface area contributed by atoms with E-state index < -0.39 is 12.0 Å². The molecule has 0 aliphatic carbocycles. The number of thiazole rings is 1. The topological polar surface area (TPSA) is 88.4 Å². The van der Waals surface area contributed by atoms with E-state index in [-0.39, 0.29) is 12.2 Å². The Morgan fingerprint density at radius 3 is 2.51 bits per heavy atom. The molecule has 0 saturated carbocycles. The van der Waals surface area contributed by atoms with E-state index in [1.807, 2.05) is 31.2 Å². The lowest BCUT2D eigenvalue weighted by atomic mass is 9.95. The van der Waals surface area contributed by atoms with Crippen LogP contribution in [0.4, 0.5) is 0 Å². The molecule has 194 valence electrons. The molecule has 0 unspecified atom stereocenters. The lowest BCUT2D eigenvalue weighted by Gasteiger charge is -2.25. The molecule has 4 rings (SSSR count). The van der Waals surface area contributed by atoms with Gasteiger partial charge in [0.05, 0.1) is 43.2 Å².